The molecule has 0 unspecified atom stereocenters. The van der Waals surface area contributed by atoms with Crippen molar-refractivity contribution in [3.63, 3.8) is 0 Å². The standard InChI is InChI=1S/C18H17N3O4S/c1-19-18(22)12-5-7-13(8-6-12)26(23,24)21-15-9-10-16(25-2)14-4-3-11-20-17(14)15/h3-11,21H,1-2H3,(H,19,22). The Labute approximate surface area is 151 Å². The van der Waals surface area contributed by atoms with Gasteiger partial charge in [-0.05, 0) is 48.5 Å². The van der Waals surface area contributed by atoms with Gasteiger partial charge in [0.15, 0.2) is 0 Å². The number of benzene rings is 2. The van der Waals surface area contributed by atoms with Crippen molar-refractivity contribution < 1.29 is 17.9 Å². The Morgan fingerprint density at radius 2 is 1.81 bits per heavy atom. The smallest absolute Gasteiger partial charge is 0.261 e. The highest BCUT2D eigenvalue weighted by Gasteiger charge is 2.17. The Morgan fingerprint density at radius 3 is 2.46 bits per heavy atom. The average molecular weight is 371 g/mol. The highest BCUT2D eigenvalue weighted by molar-refractivity contribution is 7.92. The molecule has 0 aliphatic heterocycles. The Kier molecular flexibility index (Phi) is 4.77. The number of anilines is 1. The van der Waals surface area contributed by atoms with Gasteiger partial charge in [-0.1, -0.05) is 0 Å². The van der Waals surface area contributed by atoms with Crippen molar-refractivity contribution in [2.75, 3.05) is 18.9 Å². The first kappa shape index (κ1) is 17.7. The van der Waals surface area contributed by atoms with E-state index < -0.39 is 10.0 Å². The van der Waals surface area contributed by atoms with E-state index in [2.05, 4.69) is 15.0 Å². The fourth-order valence-electron chi connectivity index (χ4n) is 2.54. The van der Waals surface area contributed by atoms with E-state index in [0.29, 0.717) is 27.9 Å². The number of hydrogen-bond acceptors (Lipinski definition) is 5. The van der Waals surface area contributed by atoms with Crippen molar-refractivity contribution in [1.29, 1.82) is 0 Å². The third-order valence-electron chi connectivity index (χ3n) is 3.85. The van der Waals surface area contributed by atoms with Crippen LogP contribution in [0.15, 0.2) is 59.6 Å². The summed E-state index contributed by atoms with van der Waals surface area (Å²) < 4.78 is 33.2. The molecule has 0 atom stereocenters. The van der Waals surface area contributed by atoms with Gasteiger partial charge in [-0.15, -0.1) is 0 Å². The summed E-state index contributed by atoms with van der Waals surface area (Å²) in [7, 11) is -0.785. The fourth-order valence-corrected chi connectivity index (χ4v) is 3.61. The van der Waals surface area contributed by atoms with E-state index in [1.807, 2.05) is 0 Å². The summed E-state index contributed by atoms with van der Waals surface area (Å²) in [5, 5.41) is 3.19. The Balaban J connectivity index is 1.98. The topological polar surface area (TPSA) is 97.4 Å². The number of rotatable bonds is 5. The number of amides is 1. The first-order valence-electron chi connectivity index (χ1n) is 7.73. The zero-order valence-corrected chi connectivity index (χ0v) is 15.0. The van der Waals surface area contributed by atoms with Crippen LogP contribution in [0.2, 0.25) is 0 Å². The van der Waals surface area contributed by atoms with E-state index >= 15 is 0 Å². The number of sulfonamides is 1. The van der Waals surface area contributed by atoms with E-state index in [4.69, 9.17) is 4.74 Å². The molecule has 1 aromatic heterocycles. The summed E-state index contributed by atoms with van der Waals surface area (Å²) in [6.45, 7) is 0. The molecule has 7 nitrogen and oxygen atoms in total. The zero-order valence-electron chi connectivity index (χ0n) is 14.2. The highest BCUT2D eigenvalue weighted by Crippen LogP contribution is 2.31. The molecule has 134 valence electrons. The molecule has 0 radical (unpaired) electrons. The number of pyridine rings is 1. The van der Waals surface area contributed by atoms with Crippen LogP contribution in [0.5, 0.6) is 5.75 Å². The molecule has 3 aromatic rings. The maximum absolute atomic E-state index is 12.7. The lowest BCUT2D eigenvalue weighted by Gasteiger charge is -2.12. The predicted molar refractivity (Wildman–Crippen MR) is 98.9 cm³/mol. The molecule has 0 spiro atoms. The summed E-state index contributed by atoms with van der Waals surface area (Å²) in [5.74, 6) is 0.318. The molecular weight excluding hydrogens is 354 g/mol. The maximum atomic E-state index is 12.7. The predicted octanol–water partition coefficient (Wildman–Crippen LogP) is 2.40. The molecule has 1 heterocycles. The van der Waals surface area contributed by atoms with Crippen LogP contribution >= 0.6 is 0 Å². The molecule has 0 aliphatic carbocycles. The molecule has 2 aromatic carbocycles. The van der Waals surface area contributed by atoms with Gasteiger partial charge in [0.1, 0.15) is 5.75 Å². The number of aromatic nitrogens is 1. The quantitative estimate of drug-likeness (QED) is 0.718. The second-order valence-electron chi connectivity index (χ2n) is 5.42. The third kappa shape index (κ3) is 3.31. The second-order valence-corrected chi connectivity index (χ2v) is 7.11. The van der Waals surface area contributed by atoms with Crippen molar-refractivity contribution in [3.8, 4) is 5.75 Å². The normalized spacial score (nSPS) is 11.2. The summed E-state index contributed by atoms with van der Waals surface area (Å²) in [6.07, 6.45) is 1.58. The lowest BCUT2D eigenvalue weighted by molar-refractivity contribution is 0.0963. The summed E-state index contributed by atoms with van der Waals surface area (Å²) in [5.41, 5.74) is 1.21. The van der Waals surface area contributed by atoms with Crippen molar-refractivity contribution in [3.05, 3.63) is 60.3 Å². The van der Waals surface area contributed by atoms with Crippen molar-refractivity contribution in [2.24, 2.45) is 0 Å². The first-order valence-corrected chi connectivity index (χ1v) is 9.21. The van der Waals surface area contributed by atoms with Crippen LogP contribution in [0.4, 0.5) is 5.69 Å². The summed E-state index contributed by atoms with van der Waals surface area (Å²) in [6, 6.07) is 12.5. The summed E-state index contributed by atoms with van der Waals surface area (Å²) >= 11 is 0. The van der Waals surface area contributed by atoms with Crippen LogP contribution in [0.1, 0.15) is 10.4 Å². The molecule has 2 N–H and O–H groups in total. The number of methoxy groups -OCH3 is 1. The maximum Gasteiger partial charge on any atom is 0.261 e. The molecular formula is C18H17N3O4S. The van der Waals surface area contributed by atoms with Crippen molar-refractivity contribution in [1.82, 2.24) is 10.3 Å². The number of nitrogens with zero attached hydrogens (tertiary/aromatic N) is 1. The molecule has 0 aliphatic rings. The number of ether oxygens (including phenoxy) is 1. The molecule has 1 amide bonds. The zero-order chi connectivity index (χ0) is 18.7. The van der Waals surface area contributed by atoms with Crippen LogP contribution in [-0.2, 0) is 10.0 Å². The number of fused-ring (bicyclic) bond motifs is 1. The van der Waals surface area contributed by atoms with Gasteiger partial charge in [0.05, 0.1) is 23.2 Å². The molecule has 3 rings (SSSR count). The van der Waals surface area contributed by atoms with Crippen molar-refractivity contribution >= 4 is 32.5 Å². The molecule has 0 bridgehead atoms. The average Bonchev–Trinajstić information content (AvgIpc) is 2.67. The van der Waals surface area contributed by atoms with Crippen molar-refractivity contribution in [2.45, 2.75) is 4.90 Å². The molecule has 0 saturated heterocycles. The van der Waals surface area contributed by atoms with E-state index in [9.17, 15) is 13.2 Å². The number of carbonyl (C=O) groups excluding carboxylic acids is 1. The molecule has 0 fully saturated rings. The van der Waals surface area contributed by atoms with Crippen LogP contribution in [0.25, 0.3) is 10.9 Å². The van der Waals surface area contributed by atoms with Crippen LogP contribution in [0, 0.1) is 0 Å². The van der Waals surface area contributed by atoms with E-state index in [1.165, 1.54) is 31.3 Å². The van der Waals surface area contributed by atoms with Gasteiger partial charge < -0.3 is 10.1 Å². The summed E-state index contributed by atoms with van der Waals surface area (Å²) in [4.78, 5) is 15.9. The monoisotopic (exact) mass is 371 g/mol. The lowest BCUT2D eigenvalue weighted by Crippen LogP contribution is -2.18. The Morgan fingerprint density at radius 1 is 1.08 bits per heavy atom. The highest BCUT2D eigenvalue weighted by atomic mass is 32.2. The largest absolute Gasteiger partial charge is 0.496 e. The fraction of sp³-hybridized carbons (Fsp3) is 0.111. The number of hydrogen-bond donors (Lipinski definition) is 2. The van der Waals surface area contributed by atoms with Gasteiger partial charge in [-0.25, -0.2) is 8.42 Å². The SMILES string of the molecule is CNC(=O)c1ccc(S(=O)(=O)Nc2ccc(OC)c3cccnc23)cc1. The lowest BCUT2D eigenvalue weighted by atomic mass is 10.2. The van der Waals surface area contributed by atoms with Crippen LogP contribution in [0.3, 0.4) is 0 Å². The molecule has 0 saturated carbocycles. The van der Waals surface area contributed by atoms with Crippen LogP contribution in [-0.4, -0.2) is 33.5 Å². The Bertz CT molecular complexity index is 1060. The minimum atomic E-state index is -3.84. The first-order chi connectivity index (χ1) is 12.5. The molecule has 26 heavy (non-hydrogen) atoms. The minimum Gasteiger partial charge on any atom is -0.496 e. The van der Waals surface area contributed by atoms with Gasteiger partial charge in [0.25, 0.3) is 15.9 Å². The number of carbonyl (C=O) groups is 1. The van der Waals surface area contributed by atoms with Gasteiger partial charge in [-0.2, -0.15) is 0 Å². The molecule has 8 heteroatoms. The van der Waals surface area contributed by atoms with Crippen LogP contribution < -0.4 is 14.8 Å². The minimum absolute atomic E-state index is 0.0463. The van der Waals surface area contributed by atoms with Gasteiger partial charge in [0.2, 0.25) is 0 Å². The van der Waals surface area contributed by atoms with E-state index in [0.717, 1.165) is 0 Å². The van der Waals surface area contributed by atoms with E-state index in [1.54, 1.807) is 37.6 Å². The van der Waals surface area contributed by atoms with E-state index in [-0.39, 0.29) is 10.8 Å². The third-order valence-corrected chi connectivity index (χ3v) is 5.23. The van der Waals surface area contributed by atoms with Gasteiger partial charge in [0, 0.05) is 24.2 Å². The van der Waals surface area contributed by atoms with Gasteiger partial charge in [-0.3, -0.25) is 14.5 Å². The number of nitrogens with one attached hydrogen (secondary N) is 2. The van der Waals surface area contributed by atoms with Gasteiger partial charge >= 0.3 is 0 Å². The Hall–Kier alpha value is -3.13. The second kappa shape index (κ2) is 7.01.